The van der Waals surface area contributed by atoms with Crippen LogP contribution in [0.2, 0.25) is 0 Å². The Morgan fingerprint density at radius 1 is 0.312 bits per heavy atom. The molecule has 0 aromatic rings. The summed E-state index contributed by atoms with van der Waals surface area (Å²) >= 11 is 0. The van der Waals surface area contributed by atoms with E-state index in [2.05, 4.69) is 69.4 Å². The highest BCUT2D eigenvalue weighted by atomic mass is 16.6. The summed E-state index contributed by atoms with van der Waals surface area (Å²) in [5, 5.41) is 0. The van der Waals surface area contributed by atoms with E-state index in [1.807, 2.05) is 0 Å². The van der Waals surface area contributed by atoms with E-state index >= 15 is 0 Å². The molecule has 0 rings (SSSR count). The second kappa shape index (κ2) is 53.0. The number of hydrogen-bond donors (Lipinski definition) is 0. The van der Waals surface area contributed by atoms with E-state index in [0.717, 1.165) is 83.5 Å². The van der Waals surface area contributed by atoms with Crippen molar-refractivity contribution in [2.24, 2.45) is 0 Å². The van der Waals surface area contributed by atoms with Crippen molar-refractivity contribution in [2.75, 3.05) is 13.2 Å². The zero-order valence-electron chi connectivity index (χ0n) is 42.6. The lowest BCUT2D eigenvalue weighted by atomic mass is 10.0. The van der Waals surface area contributed by atoms with E-state index in [0.29, 0.717) is 19.3 Å². The largest absolute Gasteiger partial charge is 0.462 e. The first-order valence-electron chi connectivity index (χ1n) is 27.6. The van der Waals surface area contributed by atoms with Crippen LogP contribution < -0.4 is 0 Å². The zero-order valence-corrected chi connectivity index (χ0v) is 42.6. The normalized spacial score (nSPS) is 12.4. The van der Waals surface area contributed by atoms with Crippen LogP contribution in [-0.2, 0) is 28.6 Å². The maximum Gasteiger partial charge on any atom is 0.306 e. The third-order valence-electron chi connectivity index (χ3n) is 12.1. The molecule has 0 aliphatic heterocycles. The van der Waals surface area contributed by atoms with Crippen LogP contribution in [0.25, 0.3) is 0 Å². The Bertz CT molecular complexity index is 1120. The zero-order chi connectivity index (χ0) is 46.5. The molecule has 0 aromatic heterocycles. The van der Waals surface area contributed by atoms with Crippen molar-refractivity contribution in [3.63, 3.8) is 0 Å². The van der Waals surface area contributed by atoms with Gasteiger partial charge in [-0.2, -0.15) is 0 Å². The molecule has 0 heterocycles. The molecule has 372 valence electrons. The van der Waals surface area contributed by atoms with Gasteiger partial charge in [-0.3, -0.25) is 14.4 Å². The molecular weight excluding hydrogens is 793 g/mol. The van der Waals surface area contributed by atoms with Gasteiger partial charge in [0.25, 0.3) is 0 Å². The van der Waals surface area contributed by atoms with E-state index in [1.165, 1.54) is 161 Å². The molecule has 0 aromatic carbocycles. The first-order chi connectivity index (χ1) is 31.5. The van der Waals surface area contributed by atoms with E-state index in [-0.39, 0.29) is 31.1 Å². The van der Waals surface area contributed by atoms with Crippen molar-refractivity contribution in [1.82, 2.24) is 0 Å². The second-order valence-electron chi connectivity index (χ2n) is 18.5. The molecule has 0 bridgehead atoms. The van der Waals surface area contributed by atoms with Gasteiger partial charge in [0.1, 0.15) is 13.2 Å². The number of allylic oxidation sites excluding steroid dienone is 8. The average molecular weight is 897 g/mol. The molecule has 6 heteroatoms. The number of rotatable bonds is 50. The van der Waals surface area contributed by atoms with Crippen LogP contribution in [-0.4, -0.2) is 37.2 Å². The van der Waals surface area contributed by atoms with Gasteiger partial charge in [-0.1, -0.05) is 249 Å². The molecule has 64 heavy (non-hydrogen) atoms. The SMILES string of the molecule is CCCCC/C=C\C/C=C\C/C=C\C/C=C\CCCCCC(=O)OC[C@@H](COC(=O)CCCCCCCCCCCCC)OC(=O)CCCCCCCCCCCCCCCCCC. The predicted octanol–water partition coefficient (Wildman–Crippen LogP) is 18.3. The van der Waals surface area contributed by atoms with Gasteiger partial charge >= 0.3 is 17.9 Å². The van der Waals surface area contributed by atoms with Gasteiger partial charge in [-0.05, 0) is 64.2 Å². The van der Waals surface area contributed by atoms with Crippen molar-refractivity contribution in [3.05, 3.63) is 48.6 Å². The molecule has 0 saturated heterocycles. The third kappa shape index (κ3) is 50.4. The van der Waals surface area contributed by atoms with Crippen molar-refractivity contribution in [2.45, 2.75) is 290 Å². The summed E-state index contributed by atoms with van der Waals surface area (Å²) < 4.78 is 16.8. The summed E-state index contributed by atoms with van der Waals surface area (Å²) in [6, 6.07) is 0. The summed E-state index contributed by atoms with van der Waals surface area (Å²) in [6.07, 6.45) is 63.8. The van der Waals surface area contributed by atoms with E-state index in [1.54, 1.807) is 0 Å². The van der Waals surface area contributed by atoms with Gasteiger partial charge in [0, 0.05) is 19.3 Å². The minimum Gasteiger partial charge on any atom is -0.462 e. The first kappa shape index (κ1) is 61.4. The van der Waals surface area contributed by atoms with Crippen LogP contribution in [0.15, 0.2) is 48.6 Å². The topological polar surface area (TPSA) is 78.9 Å². The molecule has 0 amide bonds. The maximum absolute atomic E-state index is 12.8. The fraction of sp³-hybridized carbons (Fsp3) is 0.810. The quantitative estimate of drug-likeness (QED) is 0.0262. The molecule has 0 radical (unpaired) electrons. The standard InChI is InChI=1S/C58H104O6/c1-4-7-10-13-16-19-22-24-26-28-29-30-32-33-36-39-42-45-48-51-57(60)63-54-55(53-62-56(59)50-47-44-41-38-35-21-18-15-12-9-6-3)64-58(61)52-49-46-43-40-37-34-31-27-25-23-20-17-14-11-8-5-2/h16,19,24,26,29-30,33,36,55H,4-15,17-18,20-23,25,27-28,31-32,34-35,37-54H2,1-3H3/b19-16-,26-24-,30-29-,36-33-/t55-/m1/s1. The Balaban J connectivity index is 4.38. The van der Waals surface area contributed by atoms with E-state index < -0.39 is 6.10 Å². The Hall–Kier alpha value is -2.63. The number of carbonyl (C=O) groups is 3. The molecule has 0 spiro atoms. The van der Waals surface area contributed by atoms with Crippen molar-refractivity contribution in [3.8, 4) is 0 Å². The monoisotopic (exact) mass is 897 g/mol. The molecular formula is C58H104O6. The number of ether oxygens (including phenoxy) is 3. The summed E-state index contributed by atoms with van der Waals surface area (Å²) in [7, 11) is 0. The lowest BCUT2D eigenvalue weighted by Crippen LogP contribution is -2.30. The lowest BCUT2D eigenvalue weighted by molar-refractivity contribution is -0.167. The Morgan fingerprint density at radius 2 is 0.562 bits per heavy atom. The summed E-state index contributed by atoms with van der Waals surface area (Å²) in [6.45, 7) is 6.60. The molecule has 0 fully saturated rings. The van der Waals surface area contributed by atoms with Gasteiger partial charge in [0.05, 0.1) is 0 Å². The maximum atomic E-state index is 12.8. The van der Waals surface area contributed by atoms with Crippen LogP contribution in [0.1, 0.15) is 284 Å². The molecule has 6 nitrogen and oxygen atoms in total. The lowest BCUT2D eigenvalue weighted by Gasteiger charge is -2.18. The van der Waals surface area contributed by atoms with Gasteiger partial charge in [0.2, 0.25) is 0 Å². The fourth-order valence-corrected chi connectivity index (χ4v) is 7.90. The van der Waals surface area contributed by atoms with Crippen molar-refractivity contribution >= 4 is 17.9 Å². The van der Waals surface area contributed by atoms with Gasteiger partial charge in [-0.15, -0.1) is 0 Å². The summed E-state index contributed by atoms with van der Waals surface area (Å²) in [4.78, 5) is 38.0. The van der Waals surface area contributed by atoms with E-state index in [4.69, 9.17) is 14.2 Å². The van der Waals surface area contributed by atoms with Crippen LogP contribution in [0.3, 0.4) is 0 Å². The third-order valence-corrected chi connectivity index (χ3v) is 12.1. The van der Waals surface area contributed by atoms with Crippen LogP contribution in [0.4, 0.5) is 0 Å². The van der Waals surface area contributed by atoms with Crippen molar-refractivity contribution in [1.29, 1.82) is 0 Å². The van der Waals surface area contributed by atoms with Crippen LogP contribution >= 0.6 is 0 Å². The molecule has 0 N–H and O–H groups in total. The highest BCUT2D eigenvalue weighted by Crippen LogP contribution is 2.16. The minimum atomic E-state index is -0.781. The smallest absolute Gasteiger partial charge is 0.306 e. The number of unbranched alkanes of at least 4 members (excludes halogenated alkanes) is 31. The molecule has 1 atom stereocenters. The Morgan fingerprint density at radius 3 is 0.906 bits per heavy atom. The van der Waals surface area contributed by atoms with Gasteiger partial charge in [0.15, 0.2) is 6.10 Å². The molecule has 0 unspecified atom stereocenters. The summed E-state index contributed by atoms with van der Waals surface area (Å²) in [5.74, 6) is -0.899. The number of hydrogen-bond acceptors (Lipinski definition) is 6. The average Bonchev–Trinajstić information content (AvgIpc) is 3.29. The van der Waals surface area contributed by atoms with Crippen LogP contribution in [0.5, 0.6) is 0 Å². The van der Waals surface area contributed by atoms with Gasteiger partial charge < -0.3 is 14.2 Å². The van der Waals surface area contributed by atoms with Crippen LogP contribution in [0, 0.1) is 0 Å². The van der Waals surface area contributed by atoms with Gasteiger partial charge in [-0.25, -0.2) is 0 Å². The minimum absolute atomic E-state index is 0.0794. The highest BCUT2D eigenvalue weighted by molar-refractivity contribution is 5.71. The molecule has 0 aliphatic rings. The molecule has 0 aliphatic carbocycles. The van der Waals surface area contributed by atoms with E-state index in [9.17, 15) is 14.4 Å². The number of carbonyl (C=O) groups excluding carboxylic acids is 3. The first-order valence-corrected chi connectivity index (χ1v) is 27.6. The summed E-state index contributed by atoms with van der Waals surface area (Å²) in [5.41, 5.74) is 0. The predicted molar refractivity (Wildman–Crippen MR) is 275 cm³/mol. The highest BCUT2D eigenvalue weighted by Gasteiger charge is 2.19. The molecule has 0 saturated carbocycles. The number of esters is 3. The fourth-order valence-electron chi connectivity index (χ4n) is 7.90. The van der Waals surface area contributed by atoms with Crippen molar-refractivity contribution < 1.29 is 28.6 Å². The Kier molecular flexibility index (Phi) is 50.8. The Labute approximate surface area is 397 Å². The second-order valence-corrected chi connectivity index (χ2v) is 18.5.